The van der Waals surface area contributed by atoms with Crippen LogP contribution in [0.5, 0.6) is 0 Å². The van der Waals surface area contributed by atoms with Crippen LogP contribution in [-0.4, -0.2) is 23.0 Å². The molecule has 3 aliphatic rings. The molecule has 0 heterocycles. The van der Waals surface area contributed by atoms with Crippen molar-refractivity contribution in [3.63, 3.8) is 0 Å². The SMILES string of the molecule is CC(CC1CC1)NC(=O)C1C2C=CC(C2)C1C(=O)O. The second-order valence-corrected chi connectivity index (χ2v) is 6.43. The molecule has 2 fully saturated rings. The molecule has 3 rings (SSSR count). The van der Waals surface area contributed by atoms with Crippen molar-refractivity contribution in [1.29, 1.82) is 0 Å². The fourth-order valence-electron chi connectivity index (χ4n) is 3.77. The van der Waals surface area contributed by atoms with Gasteiger partial charge in [-0.2, -0.15) is 0 Å². The van der Waals surface area contributed by atoms with Gasteiger partial charge in [-0.05, 0) is 37.5 Å². The fourth-order valence-corrected chi connectivity index (χ4v) is 3.77. The van der Waals surface area contributed by atoms with E-state index in [2.05, 4.69) is 5.32 Å². The van der Waals surface area contributed by atoms with E-state index in [4.69, 9.17) is 0 Å². The van der Waals surface area contributed by atoms with E-state index in [0.717, 1.165) is 18.8 Å². The first-order valence-electron chi connectivity index (χ1n) is 7.27. The smallest absolute Gasteiger partial charge is 0.307 e. The second kappa shape index (κ2) is 4.66. The van der Waals surface area contributed by atoms with Crippen molar-refractivity contribution in [2.75, 3.05) is 0 Å². The summed E-state index contributed by atoms with van der Waals surface area (Å²) in [6, 6.07) is 0.164. The summed E-state index contributed by atoms with van der Waals surface area (Å²) in [4.78, 5) is 23.7. The molecule has 2 N–H and O–H groups in total. The molecule has 0 aromatic heterocycles. The summed E-state index contributed by atoms with van der Waals surface area (Å²) in [6.07, 6.45) is 8.40. The van der Waals surface area contributed by atoms with Gasteiger partial charge in [0, 0.05) is 6.04 Å². The van der Waals surface area contributed by atoms with E-state index >= 15 is 0 Å². The molecule has 5 atom stereocenters. The topological polar surface area (TPSA) is 66.4 Å². The molecule has 1 amide bonds. The lowest BCUT2D eigenvalue weighted by atomic mass is 9.82. The zero-order valence-electron chi connectivity index (χ0n) is 11.2. The number of amides is 1. The minimum absolute atomic E-state index is 0.0528. The third-order valence-corrected chi connectivity index (χ3v) is 4.82. The fraction of sp³-hybridized carbons (Fsp3) is 0.733. The lowest BCUT2D eigenvalue weighted by Gasteiger charge is -2.25. The highest BCUT2D eigenvalue weighted by Gasteiger charge is 2.51. The monoisotopic (exact) mass is 263 g/mol. The van der Waals surface area contributed by atoms with E-state index < -0.39 is 11.9 Å². The molecular formula is C15H21NO3. The number of fused-ring (bicyclic) bond motifs is 2. The first kappa shape index (κ1) is 12.7. The van der Waals surface area contributed by atoms with Crippen molar-refractivity contribution in [2.45, 2.75) is 38.6 Å². The van der Waals surface area contributed by atoms with Crippen molar-refractivity contribution < 1.29 is 14.7 Å². The number of allylic oxidation sites excluding steroid dienone is 2. The molecule has 4 heteroatoms. The largest absolute Gasteiger partial charge is 0.481 e. The summed E-state index contributed by atoms with van der Waals surface area (Å²) < 4.78 is 0. The van der Waals surface area contributed by atoms with Crippen LogP contribution in [0.2, 0.25) is 0 Å². The summed E-state index contributed by atoms with van der Waals surface area (Å²) in [6.45, 7) is 2.02. The van der Waals surface area contributed by atoms with Gasteiger partial charge in [-0.3, -0.25) is 9.59 Å². The molecule has 2 saturated carbocycles. The zero-order valence-corrected chi connectivity index (χ0v) is 11.2. The summed E-state index contributed by atoms with van der Waals surface area (Å²) in [5.74, 6) is -0.830. The molecule has 0 aliphatic heterocycles. The molecule has 0 saturated heterocycles. The van der Waals surface area contributed by atoms with Crippen LogP contribution in [0.15, 0.2) is 12.2 Å². The number of hydrogen-bond acceptors (Lipinski definition) is 2. The number of rotatable bonds is 5. The van der Waals surface area contributed by atoms with Crippen molar-refractivity contribution >= 4 is 11.9 Å². The second-order valence-electron chi connectivity index (χ2n) is 6.43. The highest BCUT2D eigenvalue weighted by atomic mass is 16.4. The van der Waals surface area contributed by atoms with E-state index in [-0.39, 0.29) is 29.7 Å². The van der Waals surface area contributed by atoms with Crippen LogP contribution in [-0.2, 0) is 9.59 Å². The molecule has 0 spiro atoms. The Kier molecular flexibility index (Phi) is 3.11. The van der Waals surface area contributed by atoms with E-state index in [1.165, 1.54) is 12.8 Å². The predicted octanol–water partition coefficient (Wildman–Crippen LogP) is 1.81. The van der Waals surface area contributed by atoms with Crippen molar-refractivity contribution in [2.24, 2.45) is 29.6 Å². The highest BCUT2D eigenvalue weighted by Crippen LogP contribution is 2.48. The van der Waals surface area contributed by atoms with Gasteiger partial charge in [0.05, 0.1) is 11.8 Å². The maximum absolute atomic E-state index is 12.4. The van der Waals surface area contributed by atoms with Crippen LogP contribution in [0.1, 0.15) is 32.6 Å². The van der Waals surface area contributed by atoms with Crippen molar-refractivity contribution in [3.8, 4) is 0 Å². The summed E-state index contributed by atoms with van der Waals surface area (Å²) >= 11 is 0. The zero-order chi connectivity index (χ0) is 13.6. The molecule has 5 unspecified atom stereocenters. The van der Waals surface area contributed by atoms with Gasteiger partial charge >= 0.3 is 5.97 Å². The first-order valence-corrected chi connectivity index (χ1v) is 7.27. The lowest BCUT2D eigenvalue weighted by molar-refractivity contribution is -0.148. The molecule has 19 heavy (non-hydrogen) atoms. The number of nitrogens with one attached hydrogen (secondary N) is 1. The van der Waals surface area contributed by atoms with Gasteiger partial charge in [-0.15, -0.1) is 0 Å². The van der Waals surface area contributed by atoms with Crippen molar-refractivity contribution in [1.82, 2.24) is 5.32 Å². The van der Waals surface area contributed by atoms with Gasteiger partial charge in [0.25, 0.3) is 0 Å². The summed E-state index contributed by atoms with van der Waals surface area (Å²) in [7, 11) is 0. The third kappa shape index (κ3) is 2.40. The van der Waals surface area contributed by atoms with Crippen LogP contribution in [0.4, 0.5) is 0 Å². The minimum Gasteiger partial charge on any atom is -0.481 e. The van der Waals surface area contributed by atoms with Crippen molar-refractivity contribution in [3.05, 3.63) is 12.2 Å². The summed E-state index contributed by atoms with van der Waals surface area (Å²) in [5.41, 5.74) is 0. The Morgan fingerprint density at radius 3 is 2.47 bits per heavy atom. The molecule has 3 aliphatic carbocycles. The van der Waals surface area contributed by atoms with E-state index in [1.54, 1.807) is 0 Å². The quantitative estimate of drug-likeness (QED) is 0.743. The molecule has 2 bridgehead atoms. The average molecular weight is 263 g/mol. The van der Waals surface area contributed by atoms with Gasteiger partial charge in [0.1, 0.15) is 0 Å². The van der Waals surface area contributed by atoms with Gasteiger partial charge in [-0.25, -0.2) is 0 Å². The number of hydrogen-bond donors (Lipinski definition) is 2. The average Bonchev–Trinajstić information content (AvgIpc) is 2.91. The van der Waals surface area contributed by atoms with Gasteiger partial charge < -0.3 is 10.4 Å². The standard InChI is InChI=1S/C15H21NO3/c1-8(6-9-2-3-9)16-14(17)12-10-4-5-11(7-10)13(12)15(18)19/h4-5,8-13H,2-3,6-7H2,1H3,(H,16,17)(H,18,19). The van der Waals surface area contributed by atoms with Crippen LogP contribution in [0.25, 0.3) is 0 Å². The van der Waals surface area contributed by atoms with Gasteiger partial charge in [-0.1, -0.05) is 25.0 Å². The Bertz CT molecular complexity index is 427. The van der Waals surface area contributed by atoms with Crippen LogP contribution in [0.3, 0.4) is 0 Å². The van der Waals surface area contributed by atoms with Crippen LogP contribution >= 0.6 is 0 Å². The van der Waals surface area contributed by atoms with Crippen LogP contribution in [0, 0.1) is 29.6 Å². The third-order valence-electron chi connectivity index (χ3n) is 4.82. The Hall–Kier alpha value is -1.32. The number of carbonyl (C=O) groups excluding carboxylic acids is 1. The molecular weight excluding hydrogens is 242 g/mol. The molecule has 104 valence electrons. The number of aliphatic carboxylic acids is 1. The van der Waals surface area contributed by atoms with Crippen LogP contribution < -0.4 is 5.32 Å². The number of carboxylic acids is 1. The highest BCUT2D eigenvalue weighted by molar-refractivity contribution is 5.87. The lowest BCUT2D eigenvalue weighted by Crippen LogP contribution is -2.43. The Labute approximate surface area is 113 Å². The number of carboxylic acid groups (broad SMARTS) is 1. The maximum atomic E-state index is 12.4. The minimum atomic E-state index is -0.827. The Morgan fingerprint density at radius 2 is 1.89 bits per heavy atom. The normalized spacial score (nSPS) is 37.3. The van der Waals surface area contributed by atoms with E-state index in [0.29, 0.717) is 0 Å². The van der Waals surface area contributed by atoms with Gasteiger partial charge in [0.2, 0.25) is 5.91 Å². The summed E-state index contributed by atoms with van der Waals surface area (Å²) in [5, 5.41) is 12.4. The van der Waals surface area contributed by atoms with Gasteiger partial charge in [0.15, 0.2) is 0 Å². The maximum Gasteiger partial charge on any atom is 0.307 e. The molecule has 0 aromatic rings. The molecule has 0 aromatic carbocycles. The Morgan fingerprint density at radius 1 is 1.26 bits per heavy atom. The Balaban J connectivity index is 1.64. The number of carbonyl (C=O) groups is 2. The molecule has 4 nitrogen and oxygen atoms in total. The van der Waals surface area contributed by atoms with E-state index in [9.17, 15) is 14.7 Å². The molecule has 0 radical (unpaired) electrons. The first-order chi connectivity index (χ1) is 9.06. The van der Waals surface area contributed by atoms with E-state index in [1.807, 2.05) is 19.1 Å². The predicted molar refractivity (Wildman–Crippen MR) is 70.3 cm³/mol.